The molecule has 0 spiro atoms. The van der Waals surface area contributed by atoms with Crippen LogP contribution in [0.4, 0.5) is 0 Å². The average Bonchev–Trinajstić information content (AvgIpc) is 2.73. The van der Waals surface area contributed by atoms with Gasteiger partial charge in [-0.3, -0.25) is 9.80 Å². The van der Waals surface area contributed by atoms with E-state index in [1.165, 1.54) is 11.1 Å². The highest BCUT2D eigenvalue weighted by Crippen LogP contribution is 2.38. The third kappa shape index (κ3) is 4.12. The zero-order valence-electron chi connectivity index (χ0n) is 17.2. The zero-order valence-corrected chi connectivity index (χ0v) is 17.2. The Morgan fingerprint density at radius 1 is 0.793 bits per heavy atom. The maximum atomic E-state index is 9.22. The van der Waals surface area contributed by atoms with Crippen LogP contribution in [0.3, 0.4) is 0 Å². The van der Waals surface area contributed by atoms with Crippen LogP contribution in [-0.4, -0.2) is 59.8 Å². The van der Waals surface area contributed by atoms with E-state index in [0.717, 1.165) is 35.7 Å². The summed E-state index contributed by atoms with van der Waals surface area (Å²) in [4.78, 5) is 4.20. The van der Waals surface area contributed by atoms with Crippen molar-refractivity contribution < 1.29 is 19.7 Å². The molecule has 0 aromatic heterocycles. The first-order chi connectivity index (χ1) is 14.0. The lowest BCUT2D eigenvalue weighted by molar-refractivity contribution is 0.0769. The summed E-state index contributed by atoms with van der Waals surface area (Å²) in [7, 11) is 0. The molecular formula is C23H30N2O4. The van der Waals surface area contributed by atoms with Gasteiger partial charge in [0.1, 0.15) is 25.0 Å². The molecule has 0 atom stereocenters. The Labute approximate surface area is 172 Å². The number of nitrogens with zero attached hydrogens (tertiary/aromatic N) is 2. The molecule has 0 unspecified atom stereocenters. The van der Waals surface area contributed by atoms with E-state index in [-0.39, 0.29) is 18.6 Å². The molecule has 156 valence electrons. The van der Waals surface area contributed by atoms with Gasteiger partial charge in [-0.1, -0.05) is 26.0 Å². The second-order valence-electron chi connectivity index (χ2n) is 8.37. The van der Waals surface area contributed by atoms with E-state index in [2.05, 4.69) is 60.0 Å². The van der Waals surface area contributed by atoms with Crippen LogP contribution in [0.15, 0.2) is 36.4 Å². The minimum Gasteiger partial charge on any atom is -0.478 e. The van der Waals surface area contributed by atoms with Gasteiger partial charge in [0.15, 0.2) is 0 Å². The summed E-state index contributed by atoms with van der Waals surface area (Å²) in [6.07, 6.45) is 0. The average molecular weight is 399 g/mol. The Balaban J connectivity index is 1.61. The second-order valence-corrected chi connectivity index (χ2v) is 8.37. The molecule has 2 aromatic rings. The highest BCUT2D eigenvalue weighted by atomic mass is 16.5. The number of hydrogen-bond acceptors (Lipinski definition) is 6. The fourth-order valence-corrected chi connectivity index (χ4v) is 4.10. The predicted octanol–water partition coefficient (Wildman–Crippen LogP) is 2.30. The van der Waals surface area contributed by atoms with Gasteiger partial charge < -0.3 is 19.7 Å². The quantitative estimate of drug-likeness (QED) is 0.779. The van der Waals surface area contributed by atoms with Crippen molar-refractivity contribution in [3.63, 3.8) is 0 Å². The number of rotatable bonds is 6. The van der Waals surface area contributed by atoms with E-state index < -0.39 is 0 Å². The van der Waals surface area contributed by atoms with Crippen LogP contribution in [0.2, 0.25) is 0 Å². The molecule has 6 heteroatoms. The maximum absolute atomic E-state index is 9.22. The van der Waals surface area contributed by atoms with Gasteiger partial charge in [0, 0.05) is 42.7 Å². The van der Waals surface area contributed by atoms with E-state index >= 15 is 0 Å². The molecule has 2 aliphatic rings. The Morgan fingerprint density at radius 3 is 1.66 bits per heavy atom. The Kier molecular flexibility index (Phi) is 5.79. The van der Waals surface area contributed by atoms with Crippen molar-refractivity contribution >= 4 is 0 Å². The van der Waals surface area contributed by atoms with Crippen LogP contribution in [0.25, 0.3) is 0 Å². The standard InChI is InChI=1S/C23H30N2O4/c1-23(2,19-3-5-21-17(11-19)13-24(7-9-26)15-28-21)20-4-6-22-18(12-20)14-25(8-10-27)16-29-22/h3-6,11-12,26-27H,7-10,13-16H2,1-2H3. The molecule has 0 saturated carbocycles. The lowest BCUT2D eigenvalue weighted by Crippen LogP contribution is -2.34. The lowest BCUT2D eigenvalue weighted by atomic mass is 9.77. The van der Waals surface area contributed by atoms with Crippen molar-refractivity contribution in [1.82, 2.24) is 9.80 Å². The van der Waals surface area contributed by atoms with Gasteiger partial charge in [0.2, 0.25) is 0 Å². The second kappa shape index (κ2) is 8.32. The van der Waals surface area contributed by atoms with E-state index in [1.54, 1.807) is 0 Å². The van der Waals surface area contributed by atoms with Crippen LogP contribution in [0.5, 0.6) is 11.5 Å². The molecule has 0 aliphatic carbocycles. The summed E-state index contributed by atoms with van der Waals surface area (Å²) < 4.78 is 11.7. The molecule has 2 aliphatic heterocycles. The summed E-state index contributed by atoms with van der Waals surface area (Å²) in [5, 5.41) is 18.4. The van der Waals surface area contributed by atoms with Gasteiger partial charge in [0.25, 0.3) is 0 Å². The molecule has 6 nitrogen and oxygen atoms in total. The molecule has 0 fully saturated rings. The summed E-state index contributed by atoms with van der Waals surface area (Å²) in [6.45, 7) is 8.58. The van der Waals surface area contributed by atoms with Crippen LogP contribution in [0, 0.1) is 0 Å². The van der Waals surface area contributed by atoms with E-state index in [4.69, 9.17) is 9.47 Å². The predicted molar refractivity (Wildman–Crippen MR) is 111 cm³/mol. The first kappa shape index (κ1) is 20.2. The van der Waals surface area contributed by atoms with Crippen molar-refractivity contribution in [2.75, 3.05) is 39.8 Å². The third-order valence-corrected chi connectivity index (χ3v) is 5.99. The van der Waals surface area contributed by atoms with Gasteiger partial charge in [-0.25, -0.2) is 0 Å². The number of ether oxygens (including phenoxy) is 2. The van der Waals surface area contributed by atoms with E-state index in [0.29, 0.717) is 26.6 Å². The normalized spacial score (nSPS) is 17.2. The van der Waals surface area contributed by atoms with Crippen molar-refractivity contribution in [2.24, 2.45) is 0 Å². The number of fused-ring (bicyclic) bond motifs is 2. The lowest BCUT2D eigenvalue weighted by Gasteiger charge is -2.33. The minimum absolute atomic E-state index is 0.133. The fourth-order valence-electron chi connectivity index (χ4n) is 4.10. The van der Waals surface area contributed by atoms with Gasteiger partial charge in [-0.15, -0.1) is 0 Å². The number of hydrogen-bond donors (Lipinski definition) is 2. The van der Waals surface area contributed by atoms with Gasteiger partial charge in [-0.2, -0.15) is 0 Å². The van der Waals surface area contributed by atoms with Crippen molar-refractivity contribution in [3.8, 4) is 11.5 Å². The molecule has 0 bridgehead atoms. The molecule has 29 heavy (non-hydrogen) atoms. The highest BCUT2D eigenvalue weighted by molar-refractivity contribution is 5.48. The van der Waals surface area contributed by atoms with Gasteiger partial charge in [0.05, 0.1) is 13.2 Å². The molecule has 0 radical (unpaired) electrons. The maximum Gasteiger partial charge on any atom is 0.142 e. The Hall–Kier alpha value is -2.12. The minimum atomic E-state index is -0.178. The highest BCUT2D eigenvalue weighted by Gasteiger charge is 2.28. The van der Waals surface area contributed by atoms with E-state index in [1.807, 2.05) is 0 Å². The number of aliphatic hydroxyl groups excluding tert-OH is 2. The van der Waals surface area contributed by atoms with Crippen LogP contribution < -0.4 is 9.47 Å². The summed E-state index contributed by atoms with van der Waals surface area (Å²) in [5.41, 5.74) is 4.60. The van der Waals surface area contributed by atoms with Crippen molar-refractivity contribution in [3.05, 3.63) is 58.7 Å². The molecule has 0 saturated heterocycles. The third-order valence-electron chi connectivity index (χ3n) is 5.99. The monoisotopic (exact) mass is 398 g/mol. The van der Waals surface area contributed by atoms with Crippen LogP contribution in [0.1, 0.15) is 36.1 Å². The van der Waals surface area contributed by atoms with Crippen molar-refractivity contribution in [2.45, 2.75) is 32.4 Å². The largest absolute Gasteiger partial charge is 0.478 e. The summed E-state index contributed by atoms with van der Waals surface area (Å²) in [6, 6.07) is 12.9. The molecule has 2 aromatic carbocycles. The van der Waals surface area contributed by atoms with Crippen molar-refractivity contribution in [1.29, 1.82) is 0 Å². The molecule has 0 amide bonds. The first-order valence-electron chi connectivity index (χ1n) is 10.2. The van der Waals surface area contributed by atoms with Gasteiger partial charge in [-0.05, 0) is 35.4 Å². The zero-order chi connectivity index (χ0) is 20.4. The van der Waals surface area contributed by atoms with Crippen LogP contribution >= 0.6 is 0 Å². The first-order valence-corrected chi connectivity index (χ1v) is 10.2. The molecule has 2 heterocycles. The van der Waals surface area contributed by atoms with E-state index in [9.17, 15) is 10.2 Å². The number of aliphatic hydroxyl groups is 2. The SMILES string of the molecule is CC(C)(c1ccc2c(c1)CN(CCO)CO2)c1ccc2c(c1)CN(CCO)CO2. The van der Waals surface area contributed by atoms with Crippen LogP contribution in [-0.2, 0) is 18.5 Å². The molecular weight excluding hydrogens is 368 g/mol. The topological polar surface area (TPSA) is 65.4 Å². The molecule has 2 N–H and O–H groups in total. The Morgan fingerprint density at radius 2 is 1.24 bits per heavy atom. The Bertz CT molecular complexity index is 798. The van der Waals surface area contributed by atoms with Gasteiger partial charge >= 0.3 is 0 Å². The fraction of sp³-hybridized carbons (Fsp3) is 0.478. The summed E-state index contributed by atoms with van der Waals surface area (Å²) in [5.74, 6) is 1.86. The number of benzene rings is 2. The number of β-amino-alcohol motifs (C(OH)–C–C–N with tert-alkyl or cyclic N) is 2. The molecule has 4 rings (SSSR count). The summed E-state index contributed by atoms with van der Waals surface area (Å²) >= 11 is 0. The smallest absolute Gasteiger partial charge is 0.142 e.